The molecule has 2 atom stereocenters. The third-order valence-corrected chi connectivity index (χ3v) is 2.40. The van der Waals surface area contributed by atoms with E-state index in [-0.39, 0.29) is 5.48 Å². The molecule has 1 amide bonds. The van der Waals surface area contributed by atoms with Crippen molar-refractivity contribution in [2.45, 2.75) is 38.5 Å². The van der Waals surface area contributed by atoms with Gasteiger partial charge in [-0.2, -0.15) is 0 Å². The lowest BCUT2D eigenvalue weighted by atomic mass is 10.0. The quantitative estimate of drug-likeness (QED) is 0.760. The molecule has 1 aromatic carbocycles. The van der Waals surface area contributed by atoms with Crippen molar-refractivity contribution in [1.82, 2.24) is 5.32 Å². The number of carboxylic acid groups (broad SMARTS) is 1. The third kappa shape index (κ3) is 6.24. The van der Waals surface area contributed by atoms with Crippen molar-refractivity contribution >= 4 is 12.1 Å². The predicted octanol–water partition coefficient (Wildman–Crippen LogP) is 0.873. The fraction of sp³-hybridized carbons (Fsp3) is 0.429. The fourth-order valence-electron chi connectivity index (χ4n) is 1.58. The van der Waals surface area contributed by atoms with Crippen LogP contribution in [0.25, 0.3) is 0 Å². The standard InChI is InChI=1S/C14H19NO5.H2O/c1-14(2,3)20-13(19)15-10(11(16)12(17)18)9-7-5-4-6-8-9;/h4-8,10-11,16H,1-3H3,(H,15,19)(H,17,18);1H2/t10-,11+;/m0./s1. The molecular formula is C14H21NO6. The van der Waals surface area contributed by atoms with Crippen molar-refractivity contribution in [3.8, 4) is 0 Å². The zero-order valence-corrected chi connectivity index (χ0v) is 12.2. The number of carbonyl (C=O) groups excluding carboxylic acids is 1. The van der Waals surface area contributed by atoms with Gasteiger partial charge in [-0.25, -0.2) is 9.59 Å². The second-order valence-electron chi connectivity index (χ2n) is 5.32. The lowest BCUT2D eigenvalue weighted by molar-refractivity contribution is -0.148. The summed E-state index contributed by atoms with van der Waals surface area (Å²) >= 11 is 0. The van der Waals surface area contributed by atoms with Gasteiger partial charge in [0.2, 0.25) is 0 Å². The van der Waals surface area contributed by atoms with Gasteiger partial charge in [-0.15, -0.1) is 0 Å². The van der Waals surface area contributed by atoms with E-state index >= 15 is 0 Å². The van der Waals surface area contributed by atoms with Crippen LogP contribution in [0.3, 0.4) is 0 Å². The van der Waals surface area contributed by atoms with E-state index in [4.69, 9.17) is 9.84 Å². The number of amides is 1. The zero-order valence-electron chi connectivity index (χ0n) is 12.2. The molecule has 0 heterocycles. The molecule has 0 bridgehead atoms. The molecule has 0 aliphatic rings. The normalized spacial score (nSPS) is 13.5. The number of rotatable bonds is 4. The molecule has 0 unspecified atom stereocenters. The summed E-state index contributed by atoms with van der Waals surface area (Å²) in [6.45, 7) is 5.08. The maximum absolute atomic E-state index is 11.7. The number of carboxylic acids is 1. The van der Waals surface area contributed by atoms with E-state index in [1.165, 1.54) is 0 Å². The molecule has 0 saturated carbocycles. The van der Waals surface area contributed by atoms with Crippen LogP contribution in [-0.4, -0.2) is 39.5 Å². The zero-order chi connectivity index (χ0) is 15.3. The van der Waals surface area contributed by atoms with E-state index in [0.717, 1.165) is 0 Å². The van der Waals surface area contributed by atoms with Crippen molar-refractivity contribution in [1.29, 1.82) is 0 Å². The van der Waals surface area contributed by atoms with Crippen LogP contribution in [0.5, 0.6) is 0 Å². The van der Waals surface area contributed by atoms with Crippen LogP contribution in [0.15, 0.2) is 30.3 Å². The second-order valence-corrected chi connectivity index (χ2v) is 5.32. The van der Waals surface area contributed by atoms with E-state index in [1.807, 2.05) is 0 Å². The Balaban J connectivity index is 0.00000400. The van der Waals surface area contributed by atoms with Crippen LogP contribution in [0.2, 0.25) is 0 Å². The largest absolute Gasteiger partial charge is 0.479 e. The molecule has 0 saturated heterocycles. The first-order chi connectivity index (χ1) is 9.20. The molecule has 0 fully saturated rings. The van der Waals surface area contributed by atoms with E-state index in [0.29, 0.717) is 5.56 Å². The van der Waals surface area contributed by atoms with Crippen molar-refractivity contribution in [2.24, 2.45) is 0 Å². The molecule has 0 aromatic heterocycles. The highest BCUT2D eigenvalue weighted by atomic mass is 16.6. The first-order valence-electron chi connectivity index (χ1n) is 6.16. The number of carbonyl (C=O) groups is 2. The summed E-state index contributed by atoms with van der Waals surface area (Å²) in [4.78, 5) is 22.7. The van der Waals surface area contributed by atoms with Crippen LogP contribution in [0.4, 0.5) is 4.79 Å². The lowest BCUT2D eigenvalue weighted by Gasteiger charge is -2.25. The Hall–Kier alpha value is -2.12. The number of aliphatic hydroxyl groups excluding tert-OH is 1. The predicted molar refractivity (Wildman–Crippen MR) is 75.8 cm³/mol. The Morgan fingerprint density at radius 2 is 1.71 bits per heavy atom. The van der Waals surface area contributed by atoms with Gasteiger partial charge in [0.05, 0.1) is 6.04 Å². The van der Waals surface area contributed by atoms with Crippen molar-refractivity contribution < 1.29 is 30.0 Å². The molecule has 21 heavy (non-hydrogen) atoms. The average Bonchev–Trinajstić information content (AvgIpc) is 2.34. The van der Waals surface area contributed by atoms with E-state index in [1.54, 1.807) is 51.1 Å². The van der Waals surface area contributed by atoms with Crippen molar-refractivity contribution in [2.75, 3.05) is 0 Å². The number of aliphatic hydroxyl groups is 1. The first kappa shape index (κ1) is 18.9. The van der Waals surface area contributed by atoms with Gasteiger partial charge < -0.3 is 25.7 Å². The minimum atomic E-state index is -1.76. The highest BCUT2D eigenvalue weighted by molar-refractivity contribution is 5.75. The molecule has 1 aromatic rings. The molecule has 0 radical (unpaired) electrons. The Labute approximate surface area is 122 Å². The summed E-state index contributed by atoms with van der Waals surface area (Å²) in [7, 11) is 0. The molecule has 0 aliphatic heterocycles. The topological polar surface area (TPSA) is 127 Å². The van der Waals surface area contributed by atoms with Gasteiger partial charge in [0.15, 0.2) is 6.10 Å². The molecule has 0 spiro atoms. The number of benzene rings is 1. The highest BCUT2D eigenvalue weighted by Gasteiger charge is 2.30. The van der Waals surface area contributed by atoms with E-state index in [2.05, 4.69) is 5.32 Å². The van der Waals surface area contributed by atoms with Gasteiger partial charge in [0.25, 0.3) is 0 Å². The van der Waals surface area contributed by atoms with Crippen LogP contribution < -0.4 is 5.32 Å². The molecular weight excluding hydrogens is 278 g/mol. The van der Waals surface area contributed by atoms with Crippen LogP contribution in [0.1, 0.15) is 32.4 Å². The van der Waals surface area contributed by atoms with Gasteiger partial charge in [-0.05, 0) is 26.3 Å². The Morgan fingerprint density at radius 3 is 2.14 bits per heavy atom. The summed E-state index contributed by atoms with van der Waals surface area (Å²) in [5.41, 5.74) is -0.229. The van der Waals surface area contributed by atoms with Gasteiger partial charge in [0.1, 0.15) is 5.60 Å². The number of hydrogen-bond donors (Lipinski definition) is 3. The molecule has 0 aliphatic carbocycles. The van der Waals surface area contributed by atoms with E-state index < -0.39 is 29.8 Å². The maximum atomic E-state index is 11.7. The van der Waals surface area contributed by atoms with Crippen LogP contribution >= 0.6 is 0 Å². The maximum Gasteiger partial charge on any atom is 0.408 e. The number of nitrogens with one attached hydrogen (secondary N) is 1. The number of ether oxygens (including phenoxy) is 1. The molecule has 1 rings (SSSR count). The molecule has 5 N–H and O–H groups in total. The van der Waals surface area contributed by atoms with Gasteiger partial charge in [0, 0.05) is 0 Å². The van der Waals surface area contributed by atoms with Gasteiger partial charge in [-0.1, -0.05) is 30.3 Å². The summed E-state index contributed by atoms with van der Waals surface area (Å²) in [6.07, 6.45) is -2.54. The molecule has 118 valence electrons. The lowest BCUT2D eigenvalue weighted by Crippen LogP contribution is -2.42. The minimum absolute atomic E-state index is 0. The van der Waals surface area contributed by atoms with Crippen LogP contribution in [-0.2, 0) is 9.53 Å². The first-order valence-corrected chi connectivity index (χ1v) is 6.16. The Kier molecular flexibility index (Phi) is 6.84. The smallest absolute Gasteiger partial charge is 0.408 e. The minimum Gasteiger partial charge on any atom is -0.479 e. The summed E-state index contributed by atoms with van der Waals surface area (Å²) < 4.78 is 5.07. The Morgan fingerprint density at radius 1 is 1.19 bits per heavy atom. The number of alkyl carbamates (subject to hydrolysis) is 1. The summed E-state index contributed by atoms with van der Waals surface area (Å²) in [5, 5.41) is 21.0. The van der Waals surface area contributed by atoms with E-state index in [9.17, 15) is 14.7 Å². The monoisotopic (exact) mass is 299 g/mol. The van der Waals surface area contributed by atoms with Gasteiger partial charge in [-0.3, -0.25) is 0 Å². The number of aliphatic carboxylic acids is 1. The SMILES string of the molecule is CC(C)(C)OC(=O)N[C@@H](c1ccccc1)[C@@H](O)C(=O)O.O. The third-order valence-electron chi connectivity index (χ3n) is 2.40. The highest BCUT2D eigenvalue weighted by Crippen LogP contribution is 2.18. The van der Waals surface area contributed by atoms with Crippen molar-refractivity contribution in [3.05, 3.63) is 35.9 Å². The summed E-state index contributed by atoms with van der Waals surface area (Å²) in [5.74, 6) is -1.42. The summed E-state index contributed by atoms with van der Waals surface area (Å²) in [6, 6.07) is 7.29. The number of hydrogen-bond acceptors (Lipinski definition) is 4. The van der Waals surface area contributed by atoms with Gasteiger partial charge >= 0.3 is 12.1 Å². The second kappa shape index (κ2) is 7.61. The Bertz CT molecular complexity index is 468. The fourth-order valence-corrected chi connectivity index (χ4v) is 1.58. The van der Waals surface area contributed by atoms with Crippen molar-refractivity contribution in [3.63, 3.8) is 0 Å². The average molecular weight is 299 g/mol. The van der Waals surface area contributed by atoms with Crippen LogP contribution in [0, 0.1) is 0 Å². The molecule has 7 heteroatoms. The molecule has 7 nitrogen and oxygen atoms in total.